The Kier molecular flexibility index (Phi) is 3.97. The van der Waals surface area contributed by atoms with Gasteiger partial charge in [-0.1, -0.05) is 24.3 Å². The van der Waals surface area contributed by atoms with Gasteiger partial charge in [0.2, 0.25) is 0 Å². The van der Waals surface area contributed by atoms with Gasteiger partial charge in [0.15, 0.2) is 0 Å². The van der Waals surface area contributed by atoms with Gasteiger partial charge in [0.05, 0.1) is 12.1 Å². The van der Waals surface area contributed by atoms with Gasteiger partial charge in [-0.3, -0.25) is 0 Å². The zero-order valence-corrected chi connectivity index (χ0v) is 11.6. The number of fused-ring (bicyclic) bond motifs is 1. The second-order valence-corrected chi connectivity index (χ2v) is 5.09. The minimum Gasteiger partial charge on any atom is -0.361 e. The second kappa shape index (κ2) is 6.06. The van der Waals surface area contributed by atoms with Gasteiger partial charge < -0.3 is 10.3 Å². The summed E-state index contributed by atoms with van der Waals surface area (Å²) >= 11 is 0. The molecular formula is C17H17F2N2+. The standard InChI is InChI=1S/C17H16F2N2/c18-15-5-3-6-16(19)14(15)11-20-9-8-12-10-21-17-7-2-1-4-13(12)17/h1-7,10,20-21H,8-9,11H2/p+1. The number of quaternary nitrogens is 1. The third-order valence-electron chi connectivity index (χ3n) is 3.70. The van der Waals surface area contributed by atoms with Crippen molar-refractivity contribution in [2.75, 3.05) is 6.54 Å². The van der Waals surface area contributed by atoms with Crippen LogP contribution in [0.2, 0.25) is 0 Å². The van der Waals surface area contributed by atoms with E-state index in [-0.39, 0.29) is 5.56 Å². The Morgan fingerprint density at radius 3 is 2.52 bits per heavy atom. The molecule has 0 fully saturated rings. The fourth-order valence-corrected chi connectivity index (χ4v) is 2.57. The maximum atomic E-state index is 13.5. The zero-order valence-electron chi connectivity index (χ0n) is 11.6. The van der Waals surface area contributed by atoms with E-state index in [0.29, 0.717) is 6.54 Å². The van der Waals surface area contributed by atoms with Crippen molar-refractivity contribution in [3.8, 4) is 0 Å². The first-order chi connectivity index (χ1) is 10.3. The van der Waals surface area contributed by atoms with E-state index in [9.17, 15) is 8.78 Å². The number of H-pyrrole nitrogens is 1. The average Bonchev–Trinajstić information content (AvgIpc) is 2.89. The molecule has 3 N–H and O–H groups in total. The summed E-state index contributed by atoms with van der Waals surface area (Å²) in [7, 11) is 0. The summed E-state index contributed by atoms with van der Waals surface area (Å²) in [5, 5.41) is 3.14. The average molecular weight is 287 g/mol. The van der Waals surface area contributed by atoms with Gasteiger partial charge in [0.25, 0.3) is 0 Å². The number of nitrogens with one attached hydrogen (secondary N) is 1. The van der Waals surface area contributed by atoms with Gasteiger partial charge in [-0.15, -0.1) is 0 Å². The first-order valence-corrected chi connectivity index (χ1v) is 7.05. The van der Waals surface area contributed by atoms with Crippen LogP contribution in [-0.4, -0.2) is 11.5 Å². The lowest BCUT2D eigenvalue weighted by molar-refractivity contribution is -0.670. The van der Waals surface area contributed by atoms with E-state index in [4.69, 9.17) is 0 Å². The maximum Gasteiger partial charge on any atom is 0.135 e. The Morgan fingerprint density at radius 1 is 0.952 bits per heavy atom. The normalized spacial score (nSPS) is 11.1. The third-order valence-corrected chi connectivity index (χ3v) is 3.70. The van der Waals surface area contributed by atoms with E-state index in [1.165, 1.54) is 29.1 Å². The molecule has 1 aromatic heterocycles. The Morgan fingerprint density at radius 2 is 1.71 bits per heavy atom. The monoisotopic (exact) mass is 287 g/mol. The van der Waals surface area contributed by atoms with E-state index in [0.717, 1.165) is 18.5 Å². The molecule has 0 saturated carbocycles. The zero-order chi connectivity index (χ0) is 14.7. The Hall–Kier alpha value is -2.20. The van der Waals surface area contributed by atoms with Gasteiger partial charge in [-0.05, 0) is 23.8 Å². The molecule has 0 saturated heterocycles. The van der Waals surface area contributed by atoms with Crippen LogP contribution in [0.3, 0.4) is 0 Å². The summed E-state index contributed by atoms with van der Waals surface area (Å²) in [5.41, 5.74) is 2.50. The van der Waals surface area contributed by atoms with Gasteiger partial charge >= 0.3 is 0 Å². The molecule has 0 spiro atoms. The van der Waals surface area contributed by atoms with Crippen molar-refractivity contribution in [3.63, 3.8) is 0 Å². The van der Waals surface area contributed by atoms with E-state index < -0.39 is 11.6 Å². The lowest BCUT2D eigenvalue weighted by Gasteiger charge is -2.04. The van der Waals surface area contributed by atoms with Crippen LogP contribution in [0, 0.1) is 11.6 Å². The molecule has 4 heteroatoms. The number of benzene rings is 2. The fraction of sp³-hybridized carbons (Fsp3) is 0.176. The predicted octanol–water partition coefficient (Wildman–Crippen LogP) is 2.75. The van der Waals surface area contributed by atoms with Crippen molar-refractivity contribution in [2.24, 2.45) is 0 Å². The molecule has 0 aliphatic carbocycles. The Labute approximate surface area is 121 Å². The van der Waals surface area contributed by atoms with E-state index in [1.807, 2.05) is 29.7 Å². The number of aromatic nitrogens is 1. The molecule has 1 heterocycles. The highest BCUT2D eigenvalue weighted by atomic mass is 19.1. The molecule has 3 rings (SSSR count). The van der Waals surface area contributed by atoms with Crippen molar-refractivity contribution >= 4 is 10.9 Å². The lowest BCUT2D eigenvalue weighted by atomic mass is 10.1. The highest BCUT2D eigenvalue weighted by Crippen LogP contribution is 2.17. The predicted molar refractivity (Wildman–Crippen MR) is 78.9 cm³/mol. The Bertz CT molecular complexity index is 729. The molecule has 0 atom stereocenters. The first kappa shape index (κ1) is 13.8. The minimum absolute atomic E-state index is 0.149. The topological polar surface area (TPSA) is 32.4 Å². The quantitative estimate of drug-likeness (QED) is 0.676. The third kappa shape index (κ3) is 2.95. The van der Waals surface area contributed by atoms with Crippen molar-refractivity contribution in [3.05, 3.63) is 71.4 Å². The molecule has 21 heavy (non-hydrogen) atoms. The number of aromatic amines is 1. The molecule has 0 aliphatic heterocycles. The fourth-order valence-electron chi connectivity index (χ4n) is 2.57. The highest BCUT2D eigenvalue weighted by Gasteiger charge is 2.10. The molecule has 2 aromatic carbocycles. The summed E-state index contributed by atoms with van der Waals surface area (Å²) in [6.07, 6.45) is 2.86. The highest BCUT2D eigenvalue weighted by molar-refractivity contribution is 5.82. The molecule has 108 valence electrons. The van der Waals surface area contributed by atoms with Crippen LogP contribution in [0.15, 0.2) is 48.7 Å². The van der Waals surface area contributed by atoms with Crippen LogP contribution in [0.1, 0.15) is 11.1 Å². The maximum absolute atomic E-state index is 13.5. The van der Waals surface area contributed by atoms with Crippen LogP contribution in [0.5, 0.6) is 0 Å². The van der Waals surface area contributed by atoms with Crippen LogP contribution < -0.4 is 5.32 Å². The van der Waals surface area contributed by atoms with Crippen molar-refractivity contribution in [2.45, 2.75) is 13.0 Å². The van der Waals surface area contributed by atoms with Gasteiger partial charge in [-0.2, -0.15) is 0 Å². The summed E-state index contributed by atoms with van der Waals surface area (Å²) < 4.78 is 27.0. The molecule has 0 amide bonds. The summed E-state index contributed by atoms with van der Waals surface area (Å²) in [6.45, 7) is 1.11. The lowest BCUT2D eigenvalue weighted by Crippen LogP contribution is -2.83. The molecule has 0 unspecified atom stereocenters. The van der Waals surface area contributed by atoms with E-state index >= 15 is 0 Å². The smallest absolute Gasteiger partial charge is 0.135 e. The van der Waals surface area contributed by atoms with Gasteiger partial charge in [0, 0.05) is 23.5 Å². The van der Waals surface area contributed by atoms with Crippen LogP contribution >= 0.6 is 0 Å². The number of rotatable bonds is 5. The molecule has 2 nitrogen and oxygen atoms in total. The van der Waals surface area contributed by atoms with Crippen LogP contribution in [-0.2, 0) is 13.0 Å². The number of nitrogens with two attached hydrogens (primary N) is 1. The number of hydrogen-bond acceptors (Lipinski definition) is 0. The molecule has 3 aromatic rings. The largest absolute Gasteiger partial charge is 0.361 e. The van der Waals surface area contributed by atoms with E-state index in [2.05, 4.69) is 11.1 Å². The number of halogens is 2. The van der Waals surface area contributed by atoms with Gasteiger partial charge in [0.1, 0.15) is 18.2 Å². The summed E-state index contributed by atoms with van der Waals surface area (Å²) in [5.74, 6) is -0.948. The molecule has 0 bridgehead atoms. The number of hydrogen-bond donors (Lipinski definition) is 2. The van der Waals surface area contributed by atoms with Crippen LogP contribution in [0.25, 0.3) is 10.9 Å². The van der Waals surface area contributed by atoms with E-state index in [1.54, 1.807) is 0 Å². The second-order valence-electron chi connectivity index (χ2n) is 5.09. The number of para-hydroxylation sites is 1. The summed E-state index contributed by atoms with van der Waals surface area (Å²) in [4.78, 5) is 3.23. The minimum atomic E-state index is -0.474. The summed E-state index contributed by atoms with van der Waals surface area (Å²) in [6, 6.07) is 12.1. The molecular weight excluding hydrogens is 270 g/mol. The Balaban J connectivity index is 1.59. The SMILES string of the molecule is Fc1cccc(F)c1C[NH2+]CCc1c[nH]c2ccccc12. The van der Waals surface area contributed by atoms with Crippen molar-refractivity contribution in [1.82, 2.24) is 4.98 Å². The van der Waals surface area contributed by atoms with Crippen molar-refractivity contribution < 1.29 is 14.1 Å². The van der Waals surface area contributed by atoms with Gasteiger partial charge in [-0.25, -0.2) is 8.78 Å². The van der Waals surface area contributed by atoms with Crippen LogP contribution in [0.4, 0.5) is 8.78 Å². The molecule has 0 radical (unpaired) electrons. The first-order valence-electron chi connectivity index (χ1n) is 7.05. The van der Waals surface area contributed by atoms with Crippen molar-refractivity contribution in [1.29, 1.82) is 0 Å². The molecule has 0 aliphatic rings.